The van der Waals surface area contributed by atoms with E-state index < -0.39 is 0 Å². The minimum atomic E-state index is -0.0696. The van der Waals surface area contributed by atoms with E-state index in [2.05, 4.69) is 10.2 Å². The SMILES string of the molecule is CCCN(C(=O)c1ccn[nH]1)c1ccc(CN)cc1. The number of carbonyl (C=O) groups is 1. The predicted octanol–water partition coefficient (Wildman–Crippen LogP) is 1.93. The zero-order valence-corrected chi connectivity index (χ0v) is 11.0. The van der Waals surface area contributed by atoms with E-state index in [0.717, 1.165) is 17.7 Å². The Bertz CT molecular complexity index is 519. The van der Waals surface area contributed by atoms with Crippen molar-refractivity contribution in [3.8, 4) is 0 Å². The number of benzene rings is 1. The predicted molar refractivity (Wildman–Crippen MR) is 74.9 cm³/mol. The zero-order chi connectivity index (χ0) is 13.7. The first-order chi connectivity index (χ1) is 9.26. The molecule has 2 aromatic rings. The topological polar surface area (TPSA) is 75.0 Å². The second kappa shape index (κ2) is 6.15. The van der Waals surface area contributed by atoms with Crippen molar-refractivity contribution in [2.45, 2.75) is 19.9 Å². The fourth-order valence-corrected chi connectivity index (χ4v) is 1.90. The number of hydrogen-bond acceptors (Lipinski definition) is 3. The molecule has 1 amide bonds. The van der Waals surface area contributed by atoms with Crippen LogP contribution < -0.4 is 10.6 Å². The molecule has 0 bridgehead atoms. The molecule has 1 aromatic carbocycles. The molecule has 0 atom stereocenters. The van der Waals surface area contributed by atoms with Gasteiger partial charge < -0.3 is 10.6 Å². The maximum absolute atomic E-state index is 12.4. The summed E-state index contributed by atoms with van der Waals surface area (Å²) in [5.41, 5.74) is 8.00. The van der Waals surface area contributed by atoms with Gasteiger partial charge in [-0.2, -0.15) is 5.10 Å². The summed E-state index contributed by atoms with van der Waals surface area (Å²) in [6.45, 7) is 3.21. The Morgan fingerprint density at radius 2 is 2.05 bits per heavy atom. The Balaban J connectivity index is 2.26. The molecular formula is C14H18N4O. The average Bonchev–Trinajstić information content (AvgIpc) is 2.98. The van der Waals surface area contributed by atoms with Crippen molar-refractivity contribution in [2.24, 2.45) is 5.73 Å². The highest BCUT2D eigenvalue weighted by atomic mass is 16.2. The lowest BCUT2D eigenvalue weighted by Gasteiger charge is -2.21. The molecule has 100 valence electrons. The van der Waals surface area contributed by atoms with Gasteiger partial charge in [-0.05, 0) is 30.2 Å². The summed E-state index contributed by atoms with van der Waals surface area (Å²) >= 11 is 0. The van der Waals surface area contributed by atoms with Gasteiger partial charge in [-0.3, -0.25) is 9.89 Å². The summed E-state index contributed by atoms with van der Waals surface area (Å²) in [5, 5.41) is 6.52. The molecule has 5 nitrogen and oxygen atoms in total. The standard InChI is InChI=1S/C14H18N4O/c1-2-9-18(14(19)13-7-8-16-17-13)12-5-3-11(10-15)4-6-12/h3-8H,2,9-10,15H2,1H3,(H,16,17). The molecule has 2 rings (SSSR count). The van der Waals surface area contributed by atoms with Gasteiger partial charge in [0.1, 0.15) is 5.69 Å². The smallest absolute Gasteiger partial charge is 0.276 e. The number of nitrogens with one attached hydrogen (secondary N) is 1. The summed E-state index contributed by atoms with van der Waals surface area (Å²) in [6.07, 6.45) is 2.47. The first kappa shape index (κ1) is 13.3. The fraction of sp³-hybridized carbons (Fsp3) is 0.286. The normalized spacial score (nSPS) is 10.4. The lowest BCUT2D eigenvalue weighted by atomic mass is 10.2. The van der Waals surface area contributed by atoms with Crippen LogP contribution in [0, 0.1) is 0 Å². The molecule has 0 radical (unpaired) electrons. The van der Waals surface area contributed by atoms with E-state index in [-0.39, 0.29) is 5.91 Å². The number of rotatable bonds is 5. The third-order valence-corrected chi connectivity index (χ3v) is 2.91. The highest BCUT2D eigenvalue weighted by molar-refractivity contribution is 6.04. The zero-order valence-electron chi connectivity index (χ0n) is 11.0. The van der Waals surface area contributed by atoms with E-state index in [0.29, 0.717) is 18.8 Å². The van der Waals surface area contributed by atoms with Crippen LogP contribution in [0.1, 0.15) is 29.4 Å². The van der Waals surface area contributed by atoms with Gasteiger partial charge in [0.25, 0.3) is 5.91 Å². The highest BCUT2D eigenvalue weighted by Gasteiger charge is 2.17. The summed E-state index contributed by atoms with van der Waals surface area (Å²) in [6, 6.07) is 9.41. The molecule has 5 heteroatoms. The number of anilines is 1. The number of nitrogens with two attached hydrogens (primary N) is 1. The van der Waals surface area contributed by atoms with Gasteiger partial charge in [0.05, 0.1) is 0 Å². The Labute approximate surface area is 112 Å². The third kappa shape index (κ3) is 3.00. The molecule has 0 fully saturated rings. The lowest BCUT2D eigenvalue weighted by Crippen LogP contribution is -2.32. The molecule has 0 aliphatic rings. The highest BCUT2D eigenvalue weighted by Crippen LogP contribution is 2.18. The maximum Gasteiger partial charge on any atom is 0.276 e. The molecular weight excluding hydrogens is 240 g/mol. The number of aromatic amines is 1. The van der Waals surface area contributed by atoms with E-state index in [4.69, 9.17) is 5.73 Å². The third-order valence-electron chi connectivity index (χ3n) is 2.91. The summed E-state index contributed by atoms with van der Waals surface area (Å²) in [7, 11) is 0. The molecule has 1 aromatic heterocycles. The molecule has 19 heavy (non-hydrogen) atoms. The van der Waals surface area contributed by atoms with Gasteiger partial charge in [-0.25, -0.2) is 0 Å². The molecule has 1 heterocycles. The largest absolute Gasteiger partial charge is 0.326 e. The van der Waals surface area contributed by atoms with Crippen molar-refractivity contribution < 1.29 is 4.79 Å². The monoisotopic (exact) mass is 258 g/mol. The Morgan fingerprint density at radius 1 is 1.32 bits per heavy atom. The average molecular weight is 258 g/mol. The van der Waals surface area contributed by atoms with Gasteiger partial charge in [0.2, 0.25) is 0 Å². The summed E-state index contributed by atoms with van der Waals surface area (Å²) in [5.74, 6) is -0.0696. The number of H-pyrrole nitrogens is 1. The van der Waals surface area contributed by atoms with Crippen LogP contribution in [0.25, 0.3) is 0 Å². The van der Waals surface area contributed by atoms with Gasteiger partial charge in [0, 0.05) is 25.0 Å². The van der Waals surface area contributed by atoms with Crippen molar-refractivity contribution in [2.75, 3.05) is 11.4 Å². The van der Waals surface area contributed by atoms with Crippen molar-refractivity contribution in [1.82, 2.24) is 10.2 Å². The molecule has 0 unspecified atom stereocenters. The number of nitrogens with zero attached hydrogens (tertiary/aromatic N) is 2. The van der Waals surface area contributed by atoms with Gasteiger partial charge >= 0.3 is 0 Å². The van der Waals surface area contributed by atoms with Crippen molar-refractivity contribution >= 4 is 11.6 Å². The fourth-order valence-electron chi connectivity index (χ4n) is 1.90. The van der Waals surface area contributed by atoms with Crippen LogP contribution in [0.3, 0.4) is 0 Å². The molecule has 0 spiro atoms. The van der Waals surface area contributed by atoms with E-state index in [1.54, 1.807) is 17.2 Å². The van der Waals surface area contributed by atoms with E-state index >= 15 is 0 Å². The van der Waals surface area contributed by atoms with Crippen LogP contribution in [0.4, 0.5) is 5.69 Å². The van der Waals surface area contributed by atoms with Gasteiger partial charge in [0.15, 0.2) is 0 Å². The van der Waals surface area contributed by atoms with E-state index in [1.807, 2.05) is 31.2 Å². The Hall–Kier alpha value is -2.14. The van der Waals surface area contributed by atoms with Crippen molar-refractivity contribution in [1.29, 1.82) is 0 Å². The first-order valence-corrected chi connectivity index (χ1v) is 6.36. The Kier molecular flexibility index (Phi) is 4.30. The second-order valence-corrected chi connectivity index (χ2v) is 4.30. The number of aromatic nitrogens is 2. The van der Waals surface area contributed by atoms with Crippen LogP contribution >= 0.6 is 0 Å². The van der Waals surface area contributed by atoms with Crippen LogP contribution in [-0.4, -0.2) is 22.6 Å². The van der Waals surface area contributed by atoms with Crippen LogP contribution in [-0.2, 0) is 6.54 Å². The first-order valence-electron chi connectivity index (χ1n) is 6.36. The molecule has 3 N–H and O–H groups in total. The number of carbonyl (C=O) groups excluding carboxylic acids is 1. The molecule has 0 saturated heterocycles. The van der Waals surface area contributed by atoms with Gasteiger partial charge in [-0.15, -0.1) is 0 Å². The van der Waals surface area contributed by atoms with E-state index in [1.165, 1.54) is 0 Å². The molecule has 0 saturated carbocycles. The second-order valence-electron chi connectivity index (χ2n) is 4.30. The Morgan fingerprint density at radius 3 is 2.58 bits per heavy atom. The van der Waals surface area contributed by atoms with E-state index in [9.17, 15) is 4.79 Å². The molecule has 0 aliphatic carbocycles. The number of hydrogen-bond donors (Lipinski definition) is 2. The minimum absolute atomic E-state index is 0.0696. The maximum atomic E-state index is 12.4. The van der Waals surface area contributed by atoms with Crippen molar-refractivity contribution in [3.63, 3.8) is 0 Å². The number of amides is 1. The van der Waals surface area contributed by atoms with Crippen LogP contribution in [0.2, 0.25) is 0 Å². The minimum Gasteiger partial charge on any atom is -0.326 e. The lowest BCUT2D eigenvalue weighted by molar-refractivity contribution is 0.0982. The van der Waals surface area contributed by atoms with Crippen molar-refractivity contribution in [3.05, 3.63) is 47.8 Å². The summed E-state index contributed by atoms with van der Waals surface area (Å²) in [4.78, 5) is 14.1. The van der Waals surface area contributed by atoms with Gasteiger partial charge in [-0.1, -0.05) is 19.1 Å². The van der Waals surface area contributed by atoms with Crippen LogP contribution in [0.15, 0.2) is 36.5 Å². The summed E-state index contributed by atoms with van der Waals surface area (Å²) < 4.78 is 0. The molecule has 0 aliphatic heterocycles. The van der Waals surface area contributed by atoms with Crippen LogP contribution in [0.5, 0.6) is 0 Å². The quantitative estimate of drug-likeness (QED) is 0.860.